The largest absolute Gasteiger partial charge is 0.511 e. The van der Waals surface area contributed by atoms with Gasteiger partial charge < -0.3 is 10.2 Å². The van der Waals surface area contributed by atoms with Crippen molar-refractivity contribution in [3.05, 3.63) is 22.9 Å². The maximum absolute atomic E-state index is 10.6. The van der Waals surface area contributed by atoms with Gasteiger partial charge in [-0.2, -0.15) is 0 Å². The number of aliphatic hydroxyl groups is 1. The van der Waals surface area contributed by atoms with Crippen molar-refractivity contribution >= 4 is 17.6 Å². The van der Waals surface area contributed by atoms with Crippen LogP contribution in [0.3, 0.4) is 0 Å². The van der Waals surface area contributed by atoms with Gasteiger partial charge in [0.25, 0.3) is 0 Å². The van der Waals surface area contributed by atoms with Crippen molar-refractivity contribution in [3.63, 3.8) is 0 Å². The smallest absolute Gasteiger partial charge is 0.314 e. The zero-order valence-corrected chi connectivity index (χ0v) is 7.25. The predicted molar refractivity (Wildman–Crippen MR) is 44.9 cm³/mol. The molecule has 0 radical (unpaired) electrons. The second-order valence-electron chi connectivity index (χ2n) is 2.80. The van der Waals surface area contributed by atoms with E-state index in [1.807, 2.05) is 0 Å². The van der Waals surface area contributed by atoms with Crippen LogP contribution in [0, 0.1) is 11.8 Å². The third-order valence-corrected chi connectivity index (χ3v) is 2.05. The normalized spacial score (nSPS) is 29.2. The molecule has 66 valence electrons. The molecule has 1 aliphatic carbocycles. The van der Waals surface area contributed by atoms with Gasteiger partial charge in [-0.3, -0.25) is 4.79 Å². The number of carboxylic acids is 1. The van der Waals surface area contributed by atoms with Crippen LogP contribution < -0.4 is 0 Å². The quantitative estimate of drug-likeness (QED) is 0.661. The number of hydrogen-bond donors (Lipinski definition) is 2. The van der Waals surface area contributed by atoms with Gasteiger partial charge in [0.05, 0.1) is 0 Å². The second kappa shape index (κ2) is 3.19. The molecule has 1 rings (SSSR count). The minimum atomic E-state index is -1.03. The molecule has 0 saturated heterocycles. The molecule has 3 nitrogen and oxygen atoms in total. The third kappa shape index (κ3) is 1.61. The van der Waals surface area contributed by atoms with E-state index in [9.17, 15) is 9.90 Å². The van der Waals surface area contributed by atoms with E-state index in [0.29, 0.717) is 5.03 Å². The SMILES string of the molecule is CC1C=C(Cl)C=C(O)C1C(=O)O. The van der Waals surface area contributed by atoms with Crippen LogP contribution in [0.15, 0.2) is 22.9 Å². The number of allylic oxidation sites excluding steroid dienone is 3. The Bertz CT molecular complexity index is 267. The van der Waals surface area contributed by atoms with Gasteiger partial charge >= 0.3 is 5.97 Å². The summed E-state index contributed by atoms with van der Waals surface area (Å²) >= 11 is 5.61. The molecule has 0 amide bonds. The van der Waals surface area contributed by atoms with Crippen LogP contribution in [0.5, 0.6) is 0 Å². The van der Waals surface area contributed by atoms with Gasteiger partial charge in [0.15, 0.2) is 0 Å². The van der Waals surface area contributed by atoms with Crippen LogP contribution in [0.4, 0.5) is 0 Å². The molecule has 12 heavy (non-hydrogen) atoms. The summed E-state index contributed by atoms with van der Waals surface area (Å²) in [6, 6.07) is 0. The number of halogens is 1. The van der Waals surface area contributed by atoms with Crippen LogP contribution in [-0.4, -0.2) is 16.2 Å². The van der Waals surface area contributed by atoms with Crippen LogP contribution >= 0.6 is 11.6 Å². The van der Waals surface area contributed by atoms with E-state index in [1.165, 1.54) is 6.08 Å². The van der Waals surface area contributed by atoms with E-state index in [1.54, 1.807) is 13.0 Å². The van der Waals surface area contributed by atoms with Crippen molar-refractivity contribution in [2.45, 2.75) is 6.92 Å². The van der Waals surface area contributed by atoms with Gasteiger partial charge in [-0.05, 0) is 12.0 Å². The molecule has 0 aliphatic heterocycles. The minimum absolute atomic E-state index is 0.178. The van der Waals surface area contributed by atoms with Gasteiger partial charge in [0, 0.05) is 5.03 Å². The highest BCUT2D eigenvalue weighted by Gasteiger charge is 2.30. The van der Waals surface area contributed by atoms with Crippen molar-refractivity contribution in [1.82, 2.24) is 0 Å². The average molecular weight is 189 g/mol. The second-order valence-corrected chi connectivity index (χ2v) is 3.23. The highest BCUT2D eigenvalue weighted by atomic mass is 35.5. The number of rotatable bonds is 1. The van der Waals surface area contributed by atoms with Crippen LogP contribution in [0.25, 0.3) is 0 Å². The molecular weight excluding hydrogens is 180 g/mol. The molecule has 0 aromatic heterocycles. The molecule has 0 spiro atoms. The lowest BCUT2D eigenvalue weighted by Crippen LogP contribution is -2.24. The Labute approximate surface area is 75.0 Å². The first-order valence-electron chi connectivity index (χ1n) is 3.53. The van der Waals surface area contributed by atoms with E-state index in [-0.39, 0.29) is 11.7 Å². The Balaban J connectivity index is 2.94. The van der Waals surface area contributed by atoms with Crippen molar-refractivity contribution in [1.29, 1.82) is 0 Å². The highest BCUT2D eigenvalue weighted by molar-refractivity contribution is 6.31. The topological polar surface area (TPSA) is 57.5 Å². The maximum Gasteiger partial charge on any atom is 0.314 e. The van der Waals surface area contributed by atoms with E-state index in [0.717, 1.165) is 0 Å². The molecule has 0 fully saturated rings. The monoisotopic (exact) mass is 188 g/mol. The molecule has 0 aromatic carbocycles. The first-order valence-corrected chi connectivity index (χ1v) is 3.91. The number of aliphatic hydroxyl groups excluding tert-OH is 1. The Hall–Kier alpha value is -0.960. The van der Waals surface area contributed by atoms with E-state index in [2.05, 4.69) is 0 Å². The molecule has 4 heteroatoms. The van der Waals surface area contributed by atoms with Crippen molar-refractivity contribution < 1.29 is 15.0 Å². The molecule has 2 N–H and O–H groups in total. The molecule has 0 heterocycles. The van der Waals surface area contributed by atoms with E-state index >= 15 is 0 Å². The summed E-state index contributed by atoms with van der Waals surface area (Å²) in [5.41, 5.74) is 0. The van der Waals surface area contributed by atoms with Crippen molar-refractivity contribution in [3.8, 4) is 0 Å². The van der Waals surface area contributed by atoms with Crippen LogP contribution in [0.2, 0.25) is 0 Å². The van der Waals surface area contributed by atoms with Crippen LogP contribution in [-0.2, 0) is 4.79 Å². The minimum Gasteiger partial charge on any atom is -0.511 e. The summed E-state index contributed by atoms with van der Waals surface area (Å²) < 4.78 is 0. The summed E-state index contributed by atoms with van der Waals surface area (Å²) in [6.45, 7) is 1.70. The van der Waals surface area contributed by atoms with Crippen LogP contribution in [0.1, 0.15) is 6.92 Å². The summed E-state index contributed by atoms with van der Waals surface area (Å²) in [7, 11) is 0. The molecule has 2 atom stereocenters. The molecule has 0 saturated carbocycles. The lowest BCUT2D eigenvalue weighted by atomic mass is 9.88. The maximum atomic E-state index is 10.6. The first-order chi connectivity index (χ1) is 5.52. The summed E-state index contributed by atoms with van der Waals surface area (Å²) in [5.74, 6) is -2.33. The number of hydrogen-bond acceptors (Lipinski definition) is 2. The summed E-state index contributed by atoms with van der Waals surface area (Å²) in [5, 5.41) is 18.3. The fraction of sp³-hybridized carbons (Fsp3) is 0.375. The lowest BCUT2D eigenvalue weighted by molar-refractivity contribution is -0.142. The van der Waals surface area contributed by atoms with Crippen molar-refractivity contribution in [2.24, 2.45) is 11.8 Å². The number of carboxylic acid groups (broad SMARTS) is 1. The Morgan fingerprint density at radius 3 is 2.67 bits per heavy atom. The molecule has 1 aliphatic rings. The highest BCUT2D eigenvalue weighted by Crippen LogP contribution is 2.28. The van der Waals surface area contributed by atoms with Gasteiger partial charge in [-0.25, -0.2) is 0 Å². The van der Waals surface area contributed by atoms with Gasteiger partial charge in [0.2, 0.25) is 0 Å². The molecule has 0 aromatic rings. The van der Waals surface area contributed by atoms with Crippen molar-refractivity contribution in [2.75, 3.05) is 0 Å². The summed E-state index contributed by atoms with van der Waals surface area (Å²) in [6.07, 6.45) is 2.88. The van der Waals surface area contributed by atoms with E-state index in [4.69, 9.17) is 16.7 Å². The number of carbonyl (C=O) groups is 1. The lowest BCUT2D eigenvalue weighted by Gasteiger charge is -2.20. The standard InChI is InChI=1S/C8H9ClO3/c1-4-2-5(9)3-6(10)7(4)8(11)12/h2-4,7,10H,1H3,(H,11,12). The fourth-order valence-corrected chi connectivity index (χ4v) is 1.56. The van der Waals surface area contributed by atoms with E-state index < -0.39 is 11.9 Å². The fourth-order valence-electron chi connectivity index (χ4n) is 1.25. The molecular formula is C8H9ClO3. The summed E-state index contributed by atoms with van der Waals surface area (Å²) in [4.78, 5) is 10.6. The first kappa shape index (κ1) is 9.13. The molecule has 0 bridgehead atoms. The Kier molecular flexibility index (Phi) is 2.43. The third-order valence-electron chi connectivity index (χ3n) is 1.82. The zero-order chi connectivity index (χ0) is 9.30. The predicted octanol–water partition coefficient (Wildman–Crippen LogP) is 1.90. The average Bonchev–Trinajstić information content (AvgIpc) is 1.82. The van der Waals surface area contributed by atoms with Gasteiger partial charge in [-0.1, -0.05) is 24.6 Å². The number of aliphatic carboxylic acids is 1. The molecule has 2 unspecified atom stereocenters. The van der Waals surface area contributed by atoms with Gasteiger partial charge in [-0.15, -0.1) is 0 Å². The Morgan fingerprint density at radius 1 is 1.67 bits per heavy atom. The Morgan fingerprint density at radius 2 is 2.25 bits per heavy atom. The van der Waals surface area contributed by atoms with Gasteiger partial charge in [0.1, 0.15) is 11.7 Å². The zero-order valence-electron chi connectivity index (χ0n) is 6.49.